The Labute approximate surface area is 131 Å². The third-order valence-corrected chi connectivity index (χ3v) is 7.22. The zero-order valence-corrected chi connectivity index (χ0v) is 13.4. The number of nitro benzene ring substituents is 1. The van der Waals surface area contributed by atoms with Gasteiger partial charge in [0, 0.05) is 6.07 Å². The van der Waals surface area contributed by atoms with Crippen molar-refractivity contribution in [1.82, 2.24) is 0 Å². The van der Waals surface area contributed by atoms with E-state index in [9.17, 15) is 18.7 Å². The minimum atomic E-state index is -3.31. The Morgan fingerprint density at radius 2 is 1.75 bits per heavy atom. The Kier molecular flexibility index (Phi) is 4.69. The molecule has 0 aromatic heterocycles. The van der Waals surface area contributed by atoms with E-state index in [4.69, 9.17) is 23.2 Å². The summed E-state index contributed by atoms with van der Waals surface area (Å²) in [7, 11) is 0. The highest BCUT2D eigenvalue weighted by Crippen LogP contribution is 2.27. The molecule has 8 heteroatoms. The third kappa shape index (κ3) is 2.98. The lowest BCUT2D eigenvalue weighted by Gasteiger charge is -2.11. The smallest absolute Gasteiger partial charge is 0.275 e. The molecule has 0 atom stereocenters. The van der Waals surface area contributed by atoms with Crippen LogP contribution in [0.4, 0.5) is 5.69 Å². The molecule has 1 radical (unpaired) electrons. The van der Waals surface area contributed by atoms with E-state index in [0.29, 0.717) is 3.57 Å². The molecule has 0 fully saturated rings. The first kappa shape index (κ1) is 15.3. The molecule has 105 valence electrons. The quantitative estimate of drug-likeness (QED) is 0.409. The fourth-order valence-corrected chi connectivity index (χ4v) is 5.58. The molecule has 0 bridgehead atoms. The summed E-state index contributed by atoms with van der Waals surface area (Å²) in [5.41, 5.74) is -0.326. The molecule has 0 saturated carbocycles. The maximum Gasteiger partial charge on any atom is 0.275 e. The van der Waals surface area contributed by atoms with Crippen molar-refractivity contribution in [3.63, 3.8) is 0 Å². The monoisotopic (exact) mass is 426 g/mol. The molecule has 20 heavy (non-hydrogen) atoms. The lowest BCUT2D eigenvalue weighted by Crippen LogP contribution is -3.92. The average molecular weight is 427 g/mol. The van der Waals surface area contributed by atoms with Gasteiger partial charge in [0.15, 0.2) is 12.9 Å². The molecule has 2 aromatic carbocycles. The van der Waals surface area contributed by atoms with E-state index >= 15 is 0 Å². The van der Waals surface area contributed by atoms with E-state index in [2.05, 4.69) is 0 Å². The summed E-state index contributed by atoms with van der Waals surface area (Å²) in [5.74, 6) is -0.405. The fourth-order valence-electron chi connectivity index (χ4n) is 1.48. The standard InChI is InChI=1S/C12H7Cl2INO4/c13-8-3-1-2-4-10(8)15(18)11-6-7(16(19)20)5-9(14)12(11)17/h1-6,17H. The van der Waals surface area contributed by atoms with Crippen molar-refractivity contribution in [2.45, 2.75) is 0 Å². The first-order valence-corrected chi connectivity index (χ1v) is 9.00. The molecule has 5 nitrogen and oxygen atoms in total. The van der Waals surface area contributed by atoms with Crippen LogP contribution in [0, 0.1) is 17.3 Å². The number of nitro groups is 1. The van der Waals surface area contributed by atoms with Gasteiger partial charge in [0.05, 0.1) is 41.3 Å². The normalized spacial score (nSPS) is 10.8. The van der Waals surface area contributed by atoms with Gasteiger partial charge < -0.3 is 8.54 Å². The van der Waals surface area contributed by atoms with Crippen LogP contribution in [0.15, 0.2) is 36.4 Å². The van der Waals surface area contributed by atoms with Crippen LogP contribution in [-0.4, -0.2) is 10.0 Å². The summed E-state index contributed by atoms with van der Waals surface area (Å²) >= 11 is 8.37. The highest BCUT2D eigenvalue weighted by atomic mass is 127. The van der Waals surface area contributed by atoms with Crippen molar-refractivity contribution in [2.75, 3.05) is 0 Å². The molecular weight excluding hydrogens is 420 g/mol. The number of hydrogen-bond donors (Lipinski definition) is 1. The van der Waals surface area contributed by atoms with E-state index in [-0.39, 0.29) is 19.3 Å². The third-order valence-electron chi connectivity index (χ3n) is 2.41. The second kappa shape index (κ2) is 6.13. The number of halogens is 3. The lowest BCUT2D eigenvalue weighted by atomic mass is 10.3. The van der Waals surface area contributed by atoms with Gasteiger partial charge in [0.25, 0.3) is 5.69 Å². The number of phenols is 1. The van der Waals surface area contributed by atoms with E-state index in [1.807, 2.05) is 0 Å². The molecule has 0 amide bonds. The molecular formula is C12H7Cl2INO4. The Bertz CT molecular complexity index is 681. The predicted molar refractivity (Wildman–Crippen MR) is 68.6 cm³/mol. The summed E-state index contributed by atoms with van der Waals surface area (Å²) in [6, 6.07) is 8.54. The van der Waals surface area contributed by atoms with Crippen LogP contribution in [0.1, 0.15) is 0 Å². The van der Waals surface area contributed by atoms with Crippen LogP contribution in [-0.2, 0) is 0 Å². The summed E-state index contributed by atoms with van der Waals surface area (Å²) in [5, 5.41) is 20.7. The maximum absolute atomic E-state index is 12.5. The molecule has 0 heterocycles. The summed E-state index contributed by atoms with van der Waals surface area (Å²) in [6.07, 6.45) is 0. The number of benzene rings is 2. The van der Waals surface area contributed by atoms with E-state index < -0.39 is 30.9 Å². The highest BCUT2D eigenvalue weighted by Gasteiger charge is 2.27. The summed E-state index contributed by atoms with van der Waals surface area (Å²) in [6.45, 7) is 0. The molecule has 0 unspecified atom stereocenters. The van der Waals surface area contributed by atoms with Gasteiger partial charge >= 0.3 is 0 Å². The Hall–Kier alpha value is -1.09. The molecule has 0 aliphatic rings. The van der Waals surface area contributed by atoms with Gasteiger partial charge in [-0.3, -0.25) is 10.1 Å². The molecule has 0 aliphatic carbocycles. The van der Waals surface area contributed by atoms with Crippen molar-refractivity contribution >= 4 is 28.9 Å². The Balaban J connectivity index is 2.57. The van der Waals surface area contributed by atoms with Crippen LogP contribution in [0.2, 0.25) is 10.0 Å². The Morgan fingerprint density at radius 3 is 2.35 bits per heavy atom. The predicted octanol–water partition coefficient (Wildman–Crippen LogP) is -0.453. The van der Waals surface area contributed by atoms with Gasteiger partial charge in [0.1, 0.15) is 0 Å². The van der Waals surface area contributed by atoms with Crippen LogP contribution in [0.25, 0.3) is 0 Å². The molecule has 2 aromatic rings. The zero-order chi connectivity index (χ0) is 14.9. The van der Waals surface area contributed by atoms with Crippen molar-refractivity contribution in [3.8, 4) is 5.75 Å². The number of nitrogens with zero attached hydrogens (tertiary/aromatic N) is 1. The number of hydrogen-bond acceptors (Lipinski definition) is 4. The van der Waals surface area contributed by atoms with Crippen molar-refractivity contribution in [3.05, 3.63) is 63.7 Å². The van der Waals surface area contributed by atoms with Crippen molar-refractivity contribution in [2.24, 2.45) is 0 Å². The second-order valence-electron chi connectivity index (χ2n) is 3.68. The molecule has 2 rings (SSSR count). The number of non-ortho nitro benzene ring substituents is 1. The van der Waals surface area contributed by atoms with Crippen LogP contribution in [0.5, 0.6) is 5.75 Å². The highest BCUT2D eigenvalue weighted by molar-refractivity contribution is 6.32. The second-order valence-corrected chi connectivity index (χ2v) is 8.24. The van der Waals surface area contributed by atoms with Crippen LogP contribution >= 0.6 is 23.2 Å². The van der Waals surface area contributed by atoms with Gasteiger partial charge in [-0.2, -0.15) is 0 Å². The fraction of sp³-hybridized carbons (Fsp3) is 0. The first-order chi connectivity index (χ1) is 9.41. The zero-order valence-electron chi connectivity index (χ0n) is 9.72. The van der Waals surface area contributed by atoms with Crippen LogP contribution in [0.3, 0.4) is 0 Å². The van der Waals surface area contributed by atoms with Gasteiger partial charge in [-0.1, -0.05) is 35.3 Å². The Morgan fingerprint density at radius 1 is 1.10 bits per heavy atom. The molecule has 0 saturated heterocycles. The van der Waals surface area contributed by atoms with E-state index in [1.54, 1.807) is 24.3 Å². The number of aromatic hydroxyl groups is 1. The molecule has 0 spiro atoms. The summed E-state index contributed by atoms with van der Waals surface area (Å²) < 4.78 is 12.9. The van der Waals surface area contributed by atoms with Gasteiger partial charge in [-0.25, -0.2) is 0 Å². The maximum atomic E-state index is 12.5. The van der Waals surface area contributed by atoms with Crippen LogP contribution < -0.4 is 23.7 Å². The minimum Gasteiger partial charge on any atom is -0.624 e. The largest absolute Gasteiger partial charge is 0.624 e. The minimum absolute atomic E-state index is 0.0264. The lowest BCUT2D eigenvalue weighted by molar-refractivity contribution is -1.27. The summed E-state index contributed by atoms with van der Waals surface area (Å²) in [4.78, 5) is 10.1. The number of phenolic OH excluding ortho intramolecular Hbond substituents is 1. The van der Waals surface area contributed by atoms with E-state index in [1.165, 1.54) is 0 Å². The molecule has 0 aliphatic heterocycles. The van der Waals surface area contributed by atoms with Crippen molar-refractivity contribution in [1.29, 1.82) is 0 Å². The average Bonchev–Trinajstić information content (AvgIpc) is 2.41. The SMILES string of the molecule is O=[N+]([O-])c1cc(Cl)c(O)c([I+]([O-])c2ccccc2Cl)c1. The van der Waals surface area contributed by atoms with E-state index in [0.717, 1.165) is 12.1 Å². The number of rotatable bonds is 3. The topological polar surface area (TPSA) is 86.4 Å². The van der Waals surface area contributed by atoms with Crippen molar-refractivity contribution < 1.29 is 33.7 Å². The first-order valence-electron chi connectivity index (χ1n) is 5.20. The van der Waals surface area contributed by atoms with Gasteiger partial charge in [-0.05, 0) is 12.1 Å². The van der Waals surface area contributed by atoms with Gasteiger partial charge in [-0.15, -0.1) is 0 Å². The molecule has 1 N–H and O–H groups in total. The van der Waals surface area contributed by atoms with Gasteiger partial charge in [0.2, 0.25) is 0 Å².